The maximum absolute atomic E-state index is 12.7. The highest BCUT2D eigenvalue weighted by atomic mass is 16.5. The van der Waals surface area contributed by atoms with Crippen molar-refractivity contribution in [2.24, 2.45) is 0 Å². The van der Waals surface area contributed by atoms with Crippen molar-refractivity contribution in [1.29, 1.82) is 0 Å². The fourth-order valence-electron chi connectivity index (χ4n) is 3.94. The molecule has 1 atom stereocenters. The Morgan fingerprint density at radius 2 is 1.74 bits per heavy atom. The minimum absolute atomic E-state index is 0.0458. The van der Waals surface area contributed by atoms with Crippen molar-refractivity contribution in [2.45, 2.75) is 26.2 Å². The zero-order valence-corrected chi connectivity index (χ0v) is 18.3. The molecule has 8 nitrogen and oxygen atoms in total. The second-order valence-corrected chi connectivity index (χ2v) is 7.57. The van der Waals surface area contributed by atoms with Crippen LogP contribution in [0.15, 0.2) is 34.9 Å². The van der Waals surface area contributed by atoms with E-state index in [1.165, 1.54) is 0 Å². The molecule has 1 aliphatic rings. The van der Waals surface area contributed by atoms with Crippen molar-refractivity contribution in [1.82, 2.24) is 10.1 Å². The highest BCUT2D eigenvalue weighted by Crippen LogP contribution is 2.41. The fourth-order valence-corrected chi connectivity index (χ4v) is 3.94. The molecule has 1 aromatic heterocycles. The highest BCUT2D eigenvalue weighted by Gasteiger charge is 2.35. The van der Waals surface area contributed by atoms with E-state index in [1.54, 1.807) is 38.4 Å². The van der Waals surface area contributed by atoms with E-state index in [2.05, 4.69) is 16.2 Å². The van der Waals surface area contributed by atoms with Crippen LogP contribution >= 0.6 is 0 Å². The van der Waals surface area contributed by atoms with Gasteiger partial charge in [-0.15, -0.1) is 0 Å². The van der Waals surface area contributed by atoms with Crippen LogP contribution in [-0.2, 0) is 4.79 Å². The molecule has 0 unspecified atom stereocenters. The van der Waals surface area contributed by atoms with Gasteiger partial charge >= 0.3 is 0 Å². The van der Waals surface area contributed by atoms with Crippen LogP contribution in [0.2, 0.25) is 0 Å². The Labute approximate surface area is 180 Å². The number of benzene rings is 2. The molecule has 0 bridgehead atoms. The number of nitrogens with zero attached hydrogens (tertiary/aromatic N) is 3. The van der Waals surface area contributed by atoms with Gasteiger partial charge in [-0.2, -0.15) is 4.98 Å². The minimum atomic E-state index is -0.170. The molecule has 2 aromatic carbocycles. The van der Waals surface area contributed by atoms with Gasteiger partial charge in [-0.05, 0) is 37.6 Å². The normalized spacial score (nSPS) is 16.0. The zero-order chi connectivity index (χ0) is 22.1. The van der Waals surface area contributed by atoms with E-state index in [0.29, 0.717) is 47.5 Å². The number of hydrogen-bond donors (Lipinski definition) is 0. The third-order valence-corrected chi connectivity index (χ3v) is 5.48. The lowest BCUT2D eigenvalue weighted by molar-refractivity contribution is -0.117. The summed E-state index contributed by atoms with van der Waals surface area (Å²) in [5.41, 5.74) is 3.82. The van der Waals surface area contributed by atoms with E-state index in [-0.39, 0.29) is 11.8 Å². The standard InChI is InChI=1S/C23H25N3O5/c1-13-6-7-17(14(2)8-13)26-12-16(11-20(26)27)23-24-22(25-31-23)15-9-18(28-3)21(30-5)19(10-15)29-4/h6-10,16H,11-12H2,1-5H3/t16-/m1/s1. The Balaban J connectivity index is 1.60. The molecular formula is C23H25N3O5. The fraction of sp³-hybridized carbons (Fsp3) is 0.348. The van der Waals surface area contributed by atoms with E-state index < -0.39 is 0 Å². The molecule has 0 N–H and O–H groups in total. The summed E-state index contributed by atoms with van der Waals surface area (Å²) < 4.78 is 21.7. The number of aryl methyl sites for hydroxylation is 2. The summed E-state index contributed by atoms with van der Waals surface area (Å²) in [6.45, 7) is 4.55. The lowest BCUT2D eigenvalue weighted by atomic mass is 10.1. The third kappa shape index (κ3) is 3.81. The Kier molecular flexibility index (Phi) is 5.54. The number of methoxy groups -OCH3 is 3. The Morgan fingerprint density at radius 1 is 1.03 bits per heavy atom. The number of carbonyl (C=O) groups is 1. The van der Waals surface area contributed by atoms with Gasteiger partial charge in [0.25, 0.3) is 0 Å². The minimum Gasteiger partial charge on any atom is -0.493 e. The van der Waals surface area contributed by atoms with Crippen LogP contribution in [0.1, 0.15) is 29.4 Å². The maximum Gasteiger partial charge on any atom is 0.232 e. The van der Waals surface area contributed by atoms with Crippen LogP contribution < -0.4 is 19.1 Å². The lowest BCUT2D eigenvalue weighted by Gasteiger charge is -2.19. The maximum atomic E-state index is 12.7. The number of aromatic nitrogens is 2. The molecule has 1 amide bonds. The van der Waals surface area contributed by atoms with E-state index >= 15 is 0 Å². The molecule has 0 radical (unpaired) electrons. The molecule has 8 heteroatoms. The second kappa shape index (κ2) is 8.29. The van der Waals surface area contributed by atoms with Crippen molar-refractivity contribution in [3.63, 3.8) is 0 Å². The van der Waals surface area contributed by atoms with Crippen LogP contribution in [0.5, 0.6) is 17.2 Å². The molecule has 1 saturated heterocycles. The number of anilines is 1. The molecule has 162 valence electrons. The average Bonchev–Trinajstić information content (AvgIpc) is 3.40. The molecule has 1 fully saturated rings. The van der Waals surface area contributed by atoms with Crippen LogP contribution in [-0.4, -0.2) is 43.9 Å². The lowest BCUT2D eigenvalue weighted by Crippen LogP contribution is -2.25. The first-order valence-corrected chi connectivity index (χ1v) is 9.96. The Morgan fingerprint density at radius 3 is 2.35 bits per heavy atom. The van der Waals surface area contributed by atoms with E-state index in [9.17, 15) is 4.79 Å². The quantitative estimate of drug-likeness (QED) is 0.594. The van der Waals surface area contributed by atoms with Crippen molar-refractivity contribution in [3.05, 3.63) is 47.3 Å². The van der Waals surface area contributed by atoms with E-state index in [4.69, 9.17) is 18.7 Å². The molecule has 0 aliphatic carbocycles. The highest BCUT2D eigenvalue weighted by molar-refractivity contribution is 5.97. The molecule has 0 spiro atoms. The van der Waals surface area contributed by atoms with Crippen LogP contribution in [0.4, 0.5) is 5.69 Å². The van der Waals surface area contributed by atoms with E-state index in [0.717, 1.165) is 16.8 Å². The first-order chi connectivity index (χ1) is 14.9. The summed E-state index contributed by atoms with van der Waals surface area (Å²) in [5, 5.41) is 4.12. The largest absolute Gasteiger partial charge is 0.493 e. The van der Waals surface area contributed by atoms with Crippen molar-refractivity contribution >= 4 is 11.6 Å². The van der Waals surface area contributed by atoms with E-state index in [1.807, 2.05) is 26.0 Å². The average molecular weight is 423 g/mol. The smallest absolute Gasteiger partial charge is 0.232 e. The van der Waals surface area contributed by atoms with Gasteiger partial charge in [0.1, 0.15) is 0 Å². The second-order valence-electron chi connectivity index (χ2n) is 7.57. The molecular weight excluding hydrogens is 398 g/mol. The summed E-state index contributed by atoms with van der Waals surface area (Å²) in [6.07, 6.45) is 0.324. The molecule has 3 aromatic rings. The number of amides is 1. The van der Waals surface area contributed by atoms with Gasteiger partial charge in [0.2, 0.25) is 23.4 Å². The van der Waals surface area contributed by atoms with Crippen molar-refractivity contribution in [3.8, 4) is 28.6 Å². The predicted octanol–water partition coefficient (Wildman–Crippen LogP) is 3.90. The number of carbonyl (C=O) groups excluding carboxylic acids is 1. The Bertz CT molecular complexity index is 1100. The molecule has 31 heavy (non-hydrogen) atoms. The van der Waals surface area contributed by atoms with Gasteiger partial charge in [-0.3, -0.25) is 4.79 Å². The zero-order valence-electron chi connectivity index (χ0n) is 18.3. The summed E-state index contributed by atoms with van der Waals surface area (Å²) in [4.78, 5) is 19.1. The van der Waals surface area contributed by atoms with Gasteiger partial charge in [0.15, 0.2) is 11.5 Å². The summed E-state index contributed by atoms with van der Waals surface area (Å²) in [7, 11) is 4.65. The van der Waals surface area contributed by atoms with Crippen LogP contribution in [0, 0.1) is 13.8 Å². The molecule has 2 heterocycles. The van der Waals surface area contributed by atoms with Crippen molar-refractivity contribution in [2.75, 3.05) is 32.8 Å². The number of ether oxygens (including phenoxy) is 3. The SMILES string of the molecule is COc1cc(-c2noc([C@@H]3CC(=O)N(c4ccc(C)cc4C)C3)n2)cc(OC)c1OC. The van der Waals surface area contributed by atoms with Gasteiger partial charge in [0.05, 0.1) is 27.2 Å². The van der Waals surface area contributed by atoms with Crippen molar-refractivity contribution < 1.29 is 23.5 Å². The Hall–Kier alpha value is -3.55. The molecule has 1 aliphatic heterocycles. The van der Waals surface area contributed by atoms with Crippen LogP contribution in [0.25, 0.3) is 11.4 Å². The topological polar surface area (TPSA) is 86.9 Å². The number of hydrogen-bond acceptors (Lipinski definition) is 7. The molecule has 4 rings (SSSR count). The summed E-state index contributed by atoms with van der Waals surface area (Å²) in [6, 6.07) is 9.60. The molecule has 0 saturated carbocycles. The monoisotopic (exact) mass is 423 g/mol. The van der Waals surface area contributed by atoms with Gasteiger partial charge in [0, 0.05) is 24.2 Å². The summed E-state index contributed by atoms with van der Waals surface area (Å²) >= 11 is 0. The van der Waals surface area contributed by atoms with Crippen LogP contribution in [0.3, 0.4) is 0 Å². The van der Waals surface area contributed by atoms with Gasteiger partial charge in [-0.25, -0.2) is 0 Å². The van der Waals surface area contributed by atoms with Gasteiger partial charge in [-0.1, -0.05) is 22.9 Å². The predicted molar refractivity (Wildman–Crippen MR) is 115 cm³/mol. The first kappa shape index (κ1) is 20.7. The van der Waals surface area contributed by atoms with Gasteiger partial charge < -0.3 is 23.6 Å². The third-order valence-electron chi connectivity index (χ3n) is 5.48. The summed E-state index contributed by atoms with van der Waals surface area (Å²) in [5.74, 6) is 2.19. The number of rotatable bonds is 6. The first-order valence-electron chi connectivity index (χ1n) is 9.96.